The van der Waals surface area contributed by atoms with Crippen molar-refractivity contribution in [1.29, 1.82) is 0 Å². The second kappa shape index (κ2) is 16.1. The first-order valence-electron chi connectivity index (χ1n) is 16.4. The highest BCUT2D eigenvalue weighted by molar-refractivity contribution is 6.74. The zero-order valence-corrected chi connectivity index (χ0v) is 30.2. The fourth-order valence-corrected chi connectivity index (χ4v) is 7.55. The summed E-state index contributed by atoms with van der Waals surface area (Å²) in [7, 11) is -3.73. The van der Waals surface area contributed by atoms with Crippen LogP contribution in [0.15, 0.2) is 0 Å². The highest BCUT2D eigenvalue weighted by Gasteiger charge is 2.52. The molecule has 0 amide bonds. The summed E-state index contributed by atoms with van der Waals surface area (Å²) in [5.74, 6) is 0.324. The van der Waals surface area contributed by atoms with E-state index in [2.05, 4.69) is 81.6 Å². The van der Waals surface area contributed by atoms with Crippen LogP contribution in [0.5, 0.6) is 0 Å². The van der Waals surface area contributed by atoms with Crippen molar-refractivity contribution in [3.05, 3.63) is 0 Å². The minimum atomic E-state index is -1.92. The summed E-state index contributed by atoms with van der Waals surface area (Å²) in [4.78, 5) is 0. The largest absolute Gasteiger partial charge is 0.416 e. The molecule has 1 saturated heterocycles. The molecule has 3 nitrogen and oxygen atoms in total. The predicted molar refractivity (Wildman–Crippen MR) is 173 cm³/mol. The Balaban J connectivity index is 2.57. The molecular weight excluding hydrogens is 501 g/mol. The van der Waals surface area contributed by atoms with Crippen LogP contribution in [0.1, 0.15) is 145 Å². The van der Waals surface area contributed by atoms with Gasteiger partial charge in [-0.25, -0.2) is 0 Å². The molecule has 0 bridgehead atoms. The van der Waals surface area contributed by atoms with Crippen molar-refractivity contribution < 1.29 is 13.6 Å². The lowest BCUT2D eigenvalue weighted by Crippen LogP contribution is -2.52. The second-order valence-electron chi connectivity index (χ2n) is 15.7. The van der Waals surface area contributed by atoms with Crippen LogP contribution in [0.3, 0.4) is 0 Å². The first-order chi connectivity index (χ1) is 17.5. The fourth-order valence-electron chi connectivity index (χ4n) is 5.06. The van der Waals surface area contributed by atoms with Crippen molar-refractivity contribution in [3.8, 4) is 0 Å². The zero-order valence-electron chi connectivity index (χ0n) is 28.2. The Morgan fingerprint density at radius 1 is 0.684 bits per heavy atom. The van der Waals surface area contributed by atoms with E-state index in [9.17, 15) is 0 Å². The van der Waals surface area contributed by atoms with E-state index < -0.39 is 16.6 Å². The van der Waals surface area contributed by atoms with Gasteiger partial charge in [-0.05, 0) is 49.6 Å². The van der Waals surface area contributed by atoms with Crippen molar-refractivity contribution in [1.82, 2.24) is 0 Å². The Hall–Kier alpha value is 0.314. The lowest BCUT2D eigenvalue weighted by atomic mass is 9.88. The summed E-state index contributed by atoms with van der Waals surface area (Å²) in [5.41, 5.74) is -0.200. The van der Waals surface area contributed by atoms with Crippen LogP contribution >= 0.6 is 0 Å². The average Bonchev–Trinajstić information content (AvgIpc) is 3.09. The SMILES string of the molecule is CCCCCCCCCCCCCCCC1(C)OC[C@@H](CO[Si](C)(C)C(C)(C)C)[C@@H]1O[Si](C)(C)C(C)(C)C. The van der Waals surface area contributed by atoms with E-state index >= 15 is 0 Å². The normalized spacial score (nSPS) is 23.4. The van der Waals surface area contributed by atoms with Gasteiger partial charge in [0.2, 0.25) is 0 Å². The zero-order chi connectivity index (χ0) is 29.1. The van der Waals surface area contributed by atoms with Crippen LogP contribution in [0.4, 0.5) is 0 Å². The summed E-state index contributed by atoms with van der Waals surface area (Å²) < 4.78 is 20.5. The Morgan fingerprint density at radius 2 is 1.11 bits per heavy atom. The Bertz CT molecular complexity index is 635. The summed E-state index contributed by atoms with van der Waals surface area (Å²) in [5, 5.41) is 0.414. The highest BCUT2D eigenvalue weighted by Crippen LogP contribution is 2.45. The monoisotopic (exact) mass is 570 g/mol. The van der Waals surface area contributed by atoms with Gasteiger partial charge in [0.1, 0.15) is 0 Å². The number of rotatable bonds is 19. The molecule has 3 atom stereocenters. The van der Waals surface area contributed by atoms with E-state index in [4.69, 9.17) is 13.6 Å². The smallest absolute Gasteiger partial charge is 0.192 e. The summed E-state index contributed by atoms with van der Waals surface area (Å²) in [6, 6.07) is 0. The first-order valence-corrected chi connectivity index (χ1v) is 22.2. The van der Waals surface area contributed by atoms with Gasteiger partial charge in [-0.2, -0.15) is 0 Å². The Kier molecular flexibility index (Phi) is 15.4. The molecule has 1 unspecified atom stereocenters. The van der Waals surface area contributed by atoms with Gasteiger partial charge >= 0.3 is 0 Å². The van der Waals surface area contributed by atoms with E-state index in [1.165, 1.54) is 83.5 Å². The number of hydrogen-bond donors (Lipinski definition) is 0. The van der Waals surface area contributed by atoms with Gasteiger partial charge < -0.3 is 13.6 Å². The number of hydrogen-bond acceptors (Lipinski definition) is 3. The third-order valence-electron chi connectivity index (χ3n) is 10.1. The maximum atomic E-state index is 7.16. The maximum absolute atomic E-state index is 7.16. The summed E-state index contributed by atoms with van der Waals surface area (Å²) in [6.45, 7) is 29.7. The van der Waals surface area contributed by atoms with Crippen LogP contribution in [-0.4, -0.2) is 41.6 Å². The standard InChI is InChI=1S/C33H70O3Si2/c1-13-14-15-16-17-18-19-20-21-22-23-24-25-26-33(8)30(36-38(11,12)32(5,6)7)29(27-34-33)28-35-37(9,10)31(2,3)4/h29-30H,13-28H2,1-12H3/t29-,30-,33?/m0/s1. The van der Waals surface area contributed by atoms with E-state index in [1.807, 2.05) is 0 Å². The van der Waals surface area contributed by atoms with Crippen molar-refractivity contribution in [2.75, 3.05) is 13.2 Å². The maximum Gasteiger partial charge on any atom is 0.192 e. The Labute approximate surface area is 242 Å². The first kappa shape index (κ1) is 36.3. The van der Waals surface area contributed by atoms with Crippen LogP contribution < -0.4 is 0 Å². The van der Waals surface area contributed by atoms with Crippen LogP contribution in [-0.2, 0) is 13.6 Å². The van der Waals surface area contributed by atoms with E-state index in [0.717, 1.165) is 19.6 Å². The van der Waals surface area contributed by atoms with Gasteiger partial charge in [-0.1, -0.05) is 132 Å². The third-order valence-corrected chi connectivity index (χ3v) is 19.1. The molecule has 1 aliphatic rings. The van der Waals surface area contributed by atoms with Gasteiger partial charge in [-0.15, -0.1) is 0 Å². The Morgan fingerprint density at radius 3 is 1.53 bits per heavy atom. The third kappa shape index (κ3) is 12.0. The van der Waals surface area contributed by atoms with Crippen LogP contribution in [0, 0.1) is 5.92 Å². The van der Waals surface area contributed by atoms with E-state index in [1.54, 1.807) is 0 Å². The predicted octanol–water partition coefficient (Wildman–Crippen LogP) is 11.3. The van der Waals surface area contributed by atoms with Crippen molar-refractivity contribution >= 4 is 16.6 Å². The molecular formula is C33H70O3Si2. The van der Waals surface area contributed by atoms with Crippen molar-refractivity contribution in [3.63, 3.8) is 0 Å². The average molecular weight is 571 g/mol. The topological polar surface area (TPSA) is 27.7 Å². The molecule has 0 aliphatic carbocycles. The number of ether oxygens (including phenoxy) is 1. The quantitative estimate of drug-likeness (QED) is 0.114. The van der Waals surface area contributed by atoms with Crippen molar-refractivity contribution in [2.24, 2.45) is 5.92 Å². The molecule has 0 aromatic carbocycles. The minimum absolute atomic E-state index is 0.130. The molecule has 1 aliphatic heterocycles. The molecule has 0 aromatic heterocycles. The molecule has 38 heavy (non-hydrogen) atoms. The molecule has 0 N–H and O–H groups in total. The molecule has 1 fully saturated rings. The molecule has 1 rings (SSSR count). The van der Waals surface area contributed by atoms with Gasteiger partial charge in [0.25, 0.3) is 0 Å². The van der Waals surface area contributed by atoms with E-state index in [-0.39, 0.29) is 21.8 Å². The van der Waals surface area contributed by atoms with Gasteiger partial charge in [0.15, 0.2) is 16.6 Å². The van der Waals surface area contributed by atoms with Gasteiger partial charge in [0.05, 0.1) is 18.3 Å². The molecule has 0 radical (unpaired) electrons. The molecule has 1 heterocycles. The van der Waals surface area contributed by atoms with Crippen LogP contribution in [0.25, 0.3) is 0 Å². The minimum Gasteiger partial charge on any atom is -0.416 e. The van der Waals surface area contributed by atoms with Crippen molar-refractivity contribution in [2.45, 2.75) is 193 Å². The van der Waals surface area contributed by atoms with Gasteiger partial charge in [-0.3, -0.25) is 0 Å². The fraction of sp³-hybridized carbons (Fsp3) is 1.00. The lowest BCUT2D eigenvalue weighted by Gasteiger charge is -2.44. The number of unbranched alkanes of at least 4 members (excludes halogenated alkanes) is 12. The molecule has 5 heteroatoms. The highest BCUT2D eigenvalue weighted by atomic mass is 28.4. The second-order valence-corrected chi connectivity index (χ2v) is 25.3. The molecule has 0 aromatic rings. The van der Waals surface area contributed by atoms with Gasteiger partial charge in [0, 0.05) is 12.5 Å². The summed E-state index contributed by atoms with van der Waals surface area (Å²) in [6.07, 6.45) is 19.3. The molecule has 228 valence electrons. The summed E-state index contributed by atoms with van der Waals surface area (Å²) >= 11 is 0. The lowest BCUT2D eigenvalue weighted by molar-refractivity contribution is -0.0483. The molecule has 0 spiro atoms. The van der Waals surface area contributed by atoms with Crippen LogP contribution in [0.2, 0.25) is 36.3 Å². The van der Waals surface area contributed by atoms with E-state index in [0.29, 0.717) is 5.92 Å². The molecule has 0 saturated carbocycles.